The van der Waals surface area contributed by atoms with Gasteiger partial charge in [0, 0.05) is 24.8 Å². The van der Waals surface area contributed by atoms with Gasteiger partial charge in [-0.05, 0) is 50.6 Å². The number of aryl methyl sites for hydroxylation is 1. The second-order valence-corrected chi connectivity index (χ2v) is 4.88. The second kappa shape index (κ2) is 7.46. The average molecular weight is 268 g/mol. The van der Waals surface area contributed by atoms with Crippen LogP contribution in [0.25, 0.3) is 0 Å². The summed E-state index contributed by atoms with van der Waals surface area (Å²) >= 11 is 0. The summed E-state index contributed by atoms with van der Waals surface area (Å²) in [5, 5.41) is 12.4. The molecule has 4 heteroatoms. The normalized spacial score (nSPS) is 12.5. The molecule has 1 aromatic rings. The Balaban J connectivity index is 3.24. The predicted octanol–water partition coefficient (Wildman–Crippen LogP) is 2.62. The molecule has 1 rings (SSSR count). The number of benzene rings is 1. The van der Waals surface area contributed by atoms with E-state index in [4.69, 9.17) is 0 Å². The number of nitrogens with one attached hydrogen (secondary N) is 1. The van der Waals surface area contributed by atoms with Crippen LogP contribution in [0, 0.1) is 12.7 Å². The van der Waals surface area contributed by atoms with E-state index in [1.54, 1.807) is 13.0 Å². The number of rotatable bonds is 7. The van der Waals surface area contributed by atoms with Gasteiger partial charge in [0.1, 0.15) is 5.82 Å². The van der Waals surface area contributed by atoms with Gasteiger partial charge in [0.05, 0.1) is 6.61 Å². The van der Waals surface area contributed by atoms with Crippen molar-refractivity contribution >= 4 is 5.69 Å². The molecule has 0 aliphatic heterocycles. The van der Waals surface area contributed by atoms with Crippen molar-refractivity contribution in [2.75, 3.05) is 31.6 Å². The number of halogens is 1. The van der Waals surface area contributed by atoms with Gasteiger partial charge in [0.2, 0.25) is 0 Å². The van der Waals surface area contributed by atoms with E-state index >= 15 is 0 Å². The summed E-state index contributed by atoms with van der Waals surface area (Å²) < 4.78 is 13.8. The van der Waals surface area contributed by atoms with Crippen LogP contribution in [0.2, 0.25) is 0 Å². The summed E-state index contributed by atoms with van der Waals surface area (Å²) in [5.74, 6) is -0.179. The maximum atomic E-state index is 13.8. The molecule has 1 aromatic carbocycles. The first-order valence-corrected chi connectivity index (χ1v) is 6.88. The predicted molar refractivity (Wildman–Crippen MR) is 78.2 cm³/mol. The lowest BCUT2D eigenvalue weighted by Gasteiger charge is -2.28. The fourth-order valence-electron chi connectivity index (χ4n) is 2.20. The molecule has 3 nitrogen and oxygen atoms in total. The number of anilines is 1. The number of nitrogens with zero attached hydrogens (tertiary/aromatic N) is 1. The minimum Gasteiger partial charge on any atom is -0.395 e. The molecule has 1 unspecified atom stereocenters. The van der Waals surface area contributed by atoms with Gasteiger partial charge in [0.15, 0.2) is 0 Å². The highest BCUT2D eigenvalue weighted by Crippen LogP contribution is 2.29. The molecule has 0 radical (unpaired) electrons. The first-order valence-electron chi connectivity index (χ1n) is 6.88. The maximum absolute atomic E-state index is 13.8. The van der Waals surface area contributed by atoms with Crippen LogP contribution >= 0.6 is 0 Å². The van der Waals surface area contributed by atoms with Crippen LogP contribution in [0.1, 0.15) is 37.4 Å². The monoisotopic (exact) mass is 268 g/mol. The van der Waals surface area contributed by atoms with Gasteiger partial charge in [-0.3, -0.25) is 0 Å². The lowest BCUT2D eigenvalue weighted by atomic mass is 10.0. The largest absolute Gasteiger partial charge is 0.395 e. The highest BCUT2D eigenvalue weighted by Gasteiger charge is 2.16. The van der Waals surface area contributed by atoms with Crippen LogP contribution in [0.3, 0.4) is 0 Å². The molecule has 0 spiro atoms. The van der Waals surface area contributed by atoms with Crippen LogP contribution in [0.15, 0.2) is 12.1 Å². The van der Waals surface area contributed by atoms with Gasteiger partial charge in [-0.1, -0.05) is 6.92 Å². The first kappa shape index (κ1) is 15.9. The van der Waals surface area contributed by atoms with Crippen molar-refractivity contribution in [1.82, 2.24) is 5.32 Å². The third-order valence-corrected chi connectivity index (χ3v) is 3.41. The molecule has 0 amide bonds. The number of hydrogen-bond donors (Lipinski definition) is 2. The van der Waals surface area contributed by atoms with Gasteiger partial charge in [-0.15, -0.1) is 0 Å². The molecule has 0 fully saturated rings. The van der Waals surface area contributed by atoms with Crippen molar-refractivity contribution < 1.29 is 9.50 Å². The fourth-order valence-corrected chi connectivity index (χ4v) is 2.20. The minimum atomic E-state index is -0.179. The Morgan fingerprint density at radius 1 is 1.37 bits per heavy atom. The van der Waals surface area contributed by atoms with E-state index < -0.39 is 0 Å². The molecule has 0 heterocycles. The van der Waals surface area contributed by atoms with Gasteiger partial charge in [0.25, 0.3) is 0 Å². The maximum Gasteiger partial charge on any atom is 0.126 e. The zero-order valence-corrected chi connectivity index (χ0v) is 12.3. The van der Waals surface area contributed by atoms with Gasteiger partial charge < -0.3 is 15.3 Å². The smallest absolute Gasteiger partial charge is 0.126 e. The Labute approximate surface area is 115 Å². The quantitative estimate of drug-likeness (QED) is 0.798. The fraction of sp³-hybridized carbons (Fsp3) is 0.600. The summed E-state index contributed by atoms with van der Waals surface area (Å²) in [6.45, 7) is 7.41. The number of aliphatic hydroxyl groups excluding tert-OH is 1. The summed E-state index contributed by atoms with van der Waals surface area (Å²) in [5.41, 5.74) is 2.59. The Morgan fingerprint density at radius 3 is 2.58 bits per heavy atom. The van der Waals surface area contributed by atoms with E-state index in [0.717, 1.165) is 24.2 Å². The molecule has 0 bridgehead atoms. The Bertz CT molecular complexity index is 403. The van der Waals surface area contributed by atoms with Crippen molar-refractivity contribution in [3.8, 4) is 0 Å². The van der Waals surface area contributed by atoms with Crippen molar-refractivity contribution in [2.24, 2.45) is 0 Å². The van der Waals surface area contributed by atoms with Crippen molar-refractivity contribution in [3.05, 3.63) is 29.1 Å². The molecule has 0 saturated carbocycles. The molecule has 0 aromatic heterocycles. The molecular weight excluding hydrogens is 243 g/mol. The zero-order valence-electron chi connectivity index (χ0n) is 12.3. The SMILES string of the molecule is CCCN(CCO)c1cc(C)c(F)cc1C(C)NC. The van der Waals surface area contributed by atoms with E-state index in [9.17, 15) is 9.50 Å². The summed E-state index contributed by atoms with van der Waals surface area (Å²) in [7, 11) is 1.86. The van der Waals surface area contributed by atoms with Crippen molar-refractivity contribution in [1.29, 1.82) is 0 Å². The number of aliphatic hydroxyl groups is 1. The van der Waals surface area contributed by atoms with Gasteiger partial charge >= 0.3 is 0 Å². The standard InChI is InChI=1S/C15H25FN2O/c1-5-6-18(7-8-19)15-9-11(2)14(16)10-13(15)12(3)17-4/h9-10,12,17,19H,5-8H2,1-4H3. The average Bonchev–Trinajstić information content (AvgIpc) is 2.40. The summed E-state index contributed by atoms with van der Waals surface area (Å²) in [4.78, 5) is 2.12. The van der Waals surface area contributed by atoms with Crippen LogP contribution in [-0.2, 0) is 0 Å². The molecule has 0 aliphatic carbocycles. The zero-order chi connectivity index (χ0) is 14.4. The van der Waals surface area contributed by atoms with Crippen LogP contribution < -0.4 is 10.2 Å². The summed E-state index contributed by atoms with van der Waals surface area (Å²) in [6.07, 6.45) is 0.990. The molecule has 108 valence electrons. The Kier molecular flexibility index (Phi) is 6.25. The molecule has 1 atom stereocenters. The number of hydrogen-bond acceptors (Lipinski definition) is 3. The van der Waals surface area contributed by atoms with E-state index in [1.165, 1.54) is 0 Å². The van der Waals surface area contributed by atoms with E-state index in [-0.39, 0.29) is 18.5 Å². The third kappa shape index (κ3) is 3.91. The third-order valence-electron chi connectivity index (χ3n) is 3.41. The molecule has 0 aliphatic rings. The second-order valence-electron chi connectivity index (χ2n) is 4.88. The molecule has 0 saturated heterocycles. The highest BCUT2D eigenvalue weighted by atomic mass is 19.1. The van der Waals surface area contributed by atoms with Gasteiger partial charge in [-0.2, -0.15) is 0 Å². The summed E-state index contributed by atoms with van der Waals surface area (Å²) in [6, 6.07) is 3.55. The highest BCUT2D eigenvalue weighted by molar-refractivity contribution is 5.57. The topological polar surface area (TPSA) is 35.5 Å². The van der Waals surface area contributed by atoms with E-state index in [2.05, 4.69) is 17.1 Å². The van der Waals surface area contributed by atoms with Crippen molar-refractivity contribution in [2.45, 2.75) is 33.2 Å². The molecule has 19 heavy (non-hydrogen) atoms. The first-order chi connectivity index (χ1) is 9.04. The van der Waals surface area contributed by atoms with Crippen LogP contribution in [-0.4, -0.2) is 31.9 Å². The Hall–Kier alpha value is -1.13. The minimum absolute atomic E-state index is 0.0724. The molecule has 2 N–H and O–H groups in total. The van der Waals surface area contributed by atoms with Gasteiger partial charge in [-0.25, -0.2) is 4.39 Å². The van der Waals surface area contributed by atoms with Crippen LogP contribution in [0.5, 0.6) is 0 Å². The molecular formula is C15H25FN2O. The lowest BCUT2D eigenvalue weighted by molar-refractivity contribution is 0.301. The Morgan fingerprint density at radius 2 is 2.05 bits per heavy atom. The van der Waals surface area contributed by atoms with E-state index in [1.807, 2.05) is 20.0 Å². The van der Waals surface area contributed by atoms with Crippen molar-refractivity contribution in [3.63, 3.8) is 0 Å². The van der Waals surface area contributed by atoms with Crippen LogP contribution in [0.4, 0.5) is 10.1 Å². The lowest BCUT2D eigenvalue weighted by Crippen LogP contribution is -2.30. The van der Waals surface area contributed by atoms with E-state index in [0.29, 0.717) is 12.1 Å².